The molecule has 3 atom stereocenters. The molecule has 25 heavy (non-hydrogen) atoms. The molecule has 0 aliphatic rings. The Labute approximate surface area is 143 Å². The first kappa shape index (κ1) is 21.2. The fraction of sp³-hybridized carbons (Fsp3) is 0.429. The molecule has 0 saturated carbocycles. The van der Waals surface area contributed by atoms with Crippen LogP contribution < -0.4 is 15.1 Å². The highest BCUT2D eigenvalue weighted by Gasteiger charge is 2.30. The number of rotatable bonds is 9. The van der Waals surface area contributed by atoms with Crippen molar-refractivity contribution >= 4 is 19.7 Å². The lowest BCUT2D eigenvalue weighted by Gasteiger charge is -2.29. The average Bonchev–Trinajstić information content (AvgIpc) is 2.56. The van der Waals surface area contributed by atoms with E-state index in [0.717, 1.165) is 5.56 Å². The lowest BCUT2D eigenvalue weighted by Crippen LogP contribution is -2.50. The molecular weight excluding hydrogens is 357 g/mol. The molecule has 0 aliphatic carbocycles. The van der Waals surface area contributed by atoms with Crippen LogP contribution in [0.3, 0.4) is 0 Å². The molecule has 140 valence electrons. The number of aliphatic hydroxyl groups is 2. The van der Waals surface area contributed by atoms with Gasteiger partial charge in [0, 0.05) is 0 Å². The Morgan fingerprint density at radius 2 is 1.84 bits per heavy atom. The molecule has 1 amide bonds. The van der Waals surface area contributed by atoms with Gasteiger partial charge in [0.15, 0.2) is 5.78 Å². The van der Waals surface area contributed by atoms with Crippen LogP contribution in [0.1, 0.15) is 12.5 Å². The monoisotopic (exact) mass is 375 g/mol. The highest BCUT2D eigenvalue weighted by molar-refractivity contribution is 7.43. The molecule has 0 aliphatic heterocycles. The molecule has 0 spiro atoms. The number of carbonyl (C=O) groups excluding carboxylic acids is 2. The minimum atomic E-state index is -5.38. The molecule has 1 rings (SSSR count). The van der Waals surface area contributed by atoms with Gasteiger partial charge in [-0.2, -0.15) is 0 Å². The zero-order chi connectivity index (χ0) is 19.0. The van der Waals surface area contributed by atoms with Crippen molar-refractivity contribution in [2.45, 2.75) is 31.8 Å². The Kier molecular flexibility index (Phi) is 8.17. The molecule has 0 aromatic heterocycles. The van der Waals surface area contributed by atoms with E-state index in [-0.39, 0.29) is 6.61 Å². The number of phosphoric acid groups is 1. The van der Waals surface area contributed by atoms with Gasteiger partial charge in [0.1, 0.15) is 25.4 Å². The third-order valence-corrected chi connectivity index (χ3v) is 3.53. The second kappa shape index (κ2) is 9.62. The van der Waals surface area contributed by atoms with Gasteiger partial charge in [-0.3, -0.25) is 4.79 Å². The van der Waals surface area contributed by atoms with Crippen LogP contribution in [0.5, 0.6) is 0 Å². The van der Waals surface area contributed by atoms with Gasteiger partial charge in [0.25, 0.3) is 0 Å². The number of nitrogens with one attached hydrogen (secondary N) is 1. The van der Waals surface area contributed by atoms with Gasteiger partial charge in [0.05, 0.1) is 13.9 Å². The summed E-state index contributed by atoms with van der Waals surface area (Å²) in [6, 6.07) is 7.68. The van der Waals surface area contributed by atoms with E-state index >= 15 is 0 Å². The van der Waals surface area contributed by atoms with Crippen LogP contribution in [0.25, 0.3) is 0 Å². The number of amides is 1. The number of hydrogen-bond acceptors (Lipinski definition) is 9. The number of aliphatic hydroxyl groups excluding tert-OH is 2. The molecule has 10 nitrogen and oxygen atoms in total. The van der Waals surface area contributed by atoms with E-state index in [1.165, 1.54) is 6.92 Å². The van der Waals surface area contributed by atoms with Crippen molar-refractivity contribution in [2.24, 2.45) is 0 Å². The topological polar surface area (TPSA) is 168 Å². The van der Waals surface area contributed by atoms with E-state index in [4.69, 9.17) is 4.74 Å². The van der Waals surface area contributed by atoms with Crippen LogP contribution in [0.4, 0.5) is 4.79 Å². The second-order valence-corrected chi connectivity index (χ2v) is 6.27. The van der Waals surface area contributed by atoms with Gasteiger partial charge >= 0.3 is 6.09 Å². The number of ether oxygens (including phenoxy) is 1. The summed E-state index contributed by atoms with van der Waals surface area (Å²) in [6.07, 6.45) is -4.72. The summed E-state index contributed by atoms with van der Waals surface area (Å²) in [5, 5.41) is 21.6. The number of Topliss-reactive ketones (excluding diaryl/α,β-unsaturated/α-hetero) is 1. The van der Waals surface area contributed by atoms with Crippen LogP contribution in [0.2, 0.25) is 0 Å². The highest BCUT2D eigenvalue weighted by atomic mass is 31.2. The lowest BCUT2D eigenvalue weighted by atomic mass is 10.0. The smallest absolute Gasteiger partial charge is 0.407 e. The standard InChI is InChI=1S/C14H20NO9P/c1-9(12(17)13(18)11(16)8-24-25(20,21)22)15-14(19)23-7-10-5-3-2-4-6-10/h2-6,9,12-13,17-18H,7-8H2,1H3,(H,15,19)(H2,20,21,22)/p-2/t9-,12+,13+/m1/s1. The number of carbonyl (C=O) groups is 2. The molecule has 0 unspecified atom stereocenters. The van der Waals surface area contributed by atoms with Crippen molar-refractivity contribution in [1.82, 2.24) is 5.32 Å². The van der Waals surface area contributed by atoms with E-state index in [2.05, 4.69) is 9.84 Å². The van der Waals surface area contributed by atoms with Gasteiger partial charge in [-0.25, -0.2) is 4.79 Å². The summed E-state index contributed by atoms with van der Waals surface area (Å²) in [4.78, 5) is 43.6. The first-order chi connectivity index (χ1) is 11.6. The predicted molar refractivity (Wildman–Crippen MR) is 79.8 cm³/mol. The summed E-state index contributed by atoms with van der Waals surface area (Å²) in [5.41, 5.74) is 0.734. The molecular formula is C14H18NO9P-2. The van der Waals surface area contributed by atoms with E-state index in [9.17, 15) is 34.2 Å². The Morgan fingerprint density at radius 1 is 1.24 bits per heavy atom. The van der Waals surface area contributed by atoms with Gasteiger partial charge in [-0.15, -0.1) is 0 Å². The van der Waals surface area contributed by atoms with Crippen LogP contribution in [-0.4, -0.2) is 46.9 Å². The van der Waals surface area contributed by atoms with E-state index in [0.29, 0.717) is 0 Å². The zero-order valence-electron chi connectivity index (χ0n) is 13.2. The third kappa shape index (κ3) is 8.21. The van der Waals surface area contributed by atoms with Gasteiger partial charge in [-0.05, 0) is 12.5 Å². The largest absolute Gasteiger partial charge is 0.790 e. The van der Waals surface area contributed by atoms with Gasteiger partial charge in [-0.1, -0.05) is 30.3 Å². The quantitative estimate of drug-likeness (QED) is 0.432. The van der Waals surface area contributed by atoms with E-state index in [1.807, 2.05) is 0 Å². The highest BCUT2D eigenvalue weighted by Crippen LogP contribution is 2.24. The Balaban J connectivity index is 2.43. The minimum absolute atomic E-state index is 0.0207. The number of phosphoric ester groups is 1. The molecule has 11 heteroatoms. The molecule has 0 heterocycles. The second-order valence-electron chi connectivity index (χ2n) is 5.12. The maximum atomic E-state index is 11.6. The van der Waals surface area contributed by atoms with Crippen molar-refractivity contribution in [3.63, 3.8) is 0 Å². The molecule has 1 aromatic carbocycles. The van der Waals surface area contributed by atoms with Crippen LogP contribution in [0.15, 0.2) is 30.3 Å². The number of alkyl carbamates (subject to hydrolysis) is 1. The van der Waals surface area contributed by atoms with E-state index in [1.54, 1.807) is 30.3 Å². The van der Waals surface area contributed by atoms with Crippen molar-refractivity contribution < 1.29 is 43.4 Å². The number of benzene rings is 1. The SMILES string of the molecule is C[C@@H](NC(=O)OCc1ccccc1)[C@H](O)[C@@H](O)C(=O)COP(=O)([O-])[O-]. The first-order valence-electron chi connectivity index (χ1n) is 7.13. The van der Waals surface area contributed by atoms with Crippen molar-refractivity contribution in [1.29, 1.82) is 0 Å². The molecule has 0 bridgehead atoms. The molecule has 0 fully saturated rings. The van der Waals surface area contributed by atoms with Crippen LogP contribution in [-0.2, 0) is 25.2 Å². The summed E-state index contributed by atoms with van der Waals surface area (Å²) in [6.45, 7) is 0.0542. The maximum Gasteiger partial charge on any atom is 0.407 e. The summed E-state index contributed by atoms with van der Waals surface area (Å²) in [7, 11) is -5.38. The van der Waals surface area contributed by atoms with Gasteiger partial charge < -0.3 is 39.1 Å². The first-order valence-corrected chi connectivity index (χ1v) is 8.59. The fourth-order valence-electron chi connectivity index (χ4n) is 1.73. The number of hydrogen-bond donors (Lipinski definition) is 3. The zero-order valence-corrected chi connectivity index (χ0v) is 14.1. The van der Waals surface area contributed by atoms with Gasteiger partial charge in [0.2, 0.25) is 0 Å². The molecule has 3 N–H and O–H groups in total. The summed E-state index contributed by atoms with van der Waals surface area (Å²) < 4.78 is 18.9. The summed E-state index contributed by atoms with van der Waals surface area (Å²) in [5.74, 6) is -1.23. The molecule has 0 radical (unpaired) electrons. The Bertz CT molecular complexity index is 618. The molecule has 1 aromatic rings. The Hall–Kier alpha value is -1.81. The van der Waals surface area contributed by atoms with Crippen molar-refractivity contribution in [3.8, 4) is 0 Å². The summed E-state index contributed by atoms with van der Waals surface area (Å²) >= 11 is 0. The Morgan fingerprint density at radius 3 is 2.40 bits per heavy atom. The van der Waals surface area contributed by atoms with E-state index < -0.39 is 44.6 Å². The minimum Gasteiger partial charge on any atom is -0.790 e. The van der Waals surface area contributed by atoms with Crippen LogP contribution in [0, 0.1) is 0 Å². The predicted octanol–water partition coefficient (Wildman–Crippen LogP) is -1.56. The van der Waals surface area contributed by atoms with Crippen molar-refractivity contribution in [3.05, 3.63) is 35.9 Å². The number of ketones is 1. The maximum absolute atomic E-state index is 11.6. The third-order valence-electron chi connectivity index (χ3n) is 3.09. The van der Waals surface area contributed by atoms with Crippen LogP contribution >= 0.6 is 7.82 Å². The van der Waals surface area contributed by atoms with Crippen molar-refractivity contribution in [2.75, 3.05) is 6.61 Å². The lowest BCUT2D eigenvalue weighted by molar-refractivity contribution is -0.341. The fourth-order valence-corrected chi connectivity index (χ4v) is 2.01. The average molecular weight is 375 g/mol. The molecule has 0 saturated heterocycles. The normalized spacial score (nSPS) is 15.1.